The summed E-state index contributed by atoms with van der Waals surface area (Å²) in [5.41, 5.74) is 6.86. The van der Waals surface area contributed by atoms with Gasteiger partial charge in [0.25, 0.3) is 0 Å². The van der Waals surface area contributed by atoms with E-state index >= 15 is 0 Å². The average Bonchev–Trinajstić information content (AvgIpc) is 2.22. The van der Waals surface area contributed by atoms with Crippen molar-refractivity contribution < 1.29 is 5.11 Å². The van der Waals surface area contributed by atoms with E-state index in [1.54, 1.807) is 6.07 Å². The molecule has 0 saturated carbocycles. The van der Waals surface area contributed by atoms with Gasteiger partial charge in [0.2, 0.25) is 0 Å². The van der Waals surface area contributed by atoms with E-state index in [1.807, 2.05) is 12.1 Å². The molecule has 0 aliphatic rings. The van der Waals surface area contributed by atoms with Gasteiger partial charge in [0.05, 0.1) is 0 Å². The fraction of sp³-hybridized carbons (Fsp3) is 0.500. The number of phenolic OH excluding ortho intramolecular Hbond substituents is 1. The highest BCUT2D eigenvalue weighted by Crippen LogP contribution is 2.28. The SMILES string of the molecule is CCCCC[C@H](N)c1cc(Br)ccc1O.Cl. The molecule has 0 amide bonds. The summed E-state index contributed by atoms with van der Waals surface area (Å²) in [4.78, 5) is 0. The lowest BCUT2D eigenvalue weighted by Gasteiger charge is -2.13. The standard InChI is InChI=1S/C12H18BrNO.ClH/c1-2-3-4-5-11(14)10-8-9(13)6-7-12(10)15;/h6-8,11,15H,2-5,14H2,1H3;1H/t11-;/m0./s1. The van der Waals surface area contributed by atoms with E-state index in [0.717, 1.165) is 22.9 Å². The minimum Gasteiger partial charge on any atom is -0.508 e. The van der Waals surface area contributed by atoms with Crippen molar-refractivity contribution in [2.45, 2.75) is 38.6 Å². The van der Waals surface area contributed by atoms with Crippen LogP contribution in [0.25, 0.3) is 0 Å². The van der Waals surface area contributed by atoms with E-state index in [-0.39, 0.29) is 18.4 Å². The van der Waals surface area contributed by atoms with Crippen LogP contribution in [0.15, 0.2) is 22.7 Å². The molecule has 1 atom stereocenters. The highest BCUT2D eigenvalue weighted by atomic mass is 79.9. The summed E-state index contributed by atoms with van der Waals surface area (Å²) < 4.78 is 0.959. The molecule has 16 heavy (non-hydrogen) atoms. The molecule has 1 rings (SSSR count). The van der Waals surface area contributed by atoms with Gasteiger partial charge < -0.3 is 10.8 Å². The summed E-state index contributed by atoms with van der Waals surface area (Å²) in [6.45, 7) is 2.17. The Bertz CT molecular complexity index is 320. The summed E-state index contributed by atoms with van der Waals surface area (Å²) in [6, 6.07) is 5.33. The number of hydrogen-bond acceptors (Lipinski definition) is 2. The number of unbranched alkanes of at least 4 members (excludes halogenated alkanes) is 2. The Labute approximate surface area is 112 Å². The third-order valence-electron chi connectivity index (χ3n) is 2.51. The van der Waals surface area contributed by atoms with Crippen LogP contribution in [-0.4, -0.2) is 5.11 Å². The highest BCUT2D eigenvalue weighted by Gasteiger charge is 2.10. The Morgan fingerprint density at radius 2 is 2.06 bits per heavy atom. The Morgan fingerprint density at radius 3 is 2.69 bits per heavy atom. The predicted molar refractivity (Wildman–Crippen MR) is 74.1 cm³/mol. The van der Waals surface area contributed by atoms with Crippen LogP contribution in [0.1, 0.15) is 44.2 Å². The van der Waals surface area contributed by atoms with Crippen LogP contribution < -0.4 is 5.73 Å². The fourth-order valence-corrected chi connectivity index (χ4v) is 1.97. The Morgan fingerprint density at radius 1 is 1.38 bits per heavy atom. The van der Waals surface area contributed by atoms with Gasteiger partial charge in [0.1, 0.15) is 5.75 Å². The third-order valence-corrected chi connectivity index (χ3v) is 3.00. The lowest BCUT2D eigenvalue weighted by molar-refractivity contribution is 0.455. The van der Waals surface area contributed by atoms with Gasteiger partial charge in [-0.2, -0.15) is 0 Å². The van der Waals surface area contributed by atoms with Crippen LogP contribution >= 0.6 is 28.3 Å². The molecular weight excluding hydrogens is 289 g/mol. The zero-order valence-electron chi connectivity index (χ0n) is 9.45. The van der Waals surface area contributed by atoms with Gasteiger partial charge in [0, 0.05) is 16.1 Å². The molecule has 4 heteroatoms. The molecule has 1 aromatic rings. The van der Waals surface area contributed by atoms with Gasteiger partial charge in [-0.15, -0.1) is 12.4 Å². The second-order valence-corrected chi connectivity index (χ2v) is 4.72. The molecule has 0 radical (unpaired) electrons. The quantitative estimate of drug-likeness (QED) is 0.802. The van der Waals surface area contributed by atoms with Crippen molar-refractivity contribution in [1.29, 1.82) is 0 Å². The smallest absolute Gasteiger partial charge is 0.120 e. The van der Waals surface area contributed by atoms with Crippen molar-refractivity contribution in [3.63, 3.8) is 0 Å². The van der Waals surface area contributed by atoms with E-state index in [2.05, 4.69) is 22.9 Å². The molecule has 3 N–H and O–H groups in total. The molecule has 0 aromatic heterocycles. The maximum absolute atomic E-state index is 9.66. The van der Waals surface area contributed by atoms with E-state index in [0.29, 0.717) is 5.75 Å². The van der Waals surface area contributed by atoms with Gasteiger partial charge in [-0.1, -0.05) is 42.1 Å². The highest BCUT2D eigenvalue weighted by molar-refractivity contribution is 9.10. The molecule has 92 valence electrons. The number of halogens is 2. The maximum Gasteiger partial charge on any atom is 0.120 e. The molecule has 0 unspecified atom stereocenters. The number of hydrogen-bond donors (Lipinski definition) is 2. The maximum atomic E-state index is 9.66. The summed E-state index contributed by atoms with van der Waals surface area (Å²) >= 11 is 3.38. The molecule has 0 fully saturated rings. The second-order valence-electron chi connectivity index (χ2n) is 3.81. The van der Waals surface area contributed by atoms with Crippen molar-refractivity contribution in [2.24, 2.45) is 5.73 Å². The van der Waals surface area contributed by atoms with Gasteiger partial charge in [-0.3, -0.25) is 0 Å². The van der Waals surface area contributed by atoms with Crippen LogP contribution in [0.5, 0.6) is 5.75 Å². The fourth-order valence-electron chi connectivity index (χ4n) is 1.59. The molecule has 2 nitrogen and oxygen atoms in total. The van der Waals surface area contributed by atoms with E-state index in [4.69, 9.17) is 5.73 Å². The van der Waals surface area contributed by atoms with Crippen molar-refractivity contribution in [1.82, 2.24) is 0 Å². The first-order chi connectivity index (χ1) is 7.15. The molecule has 0 aliphatic heterocycles. The molecule has 0 heterocycles. The van der Waals surface area contributed by atoms with Crippen LogP contribution in [0, 0.1) is 0 Å². The van der Waals surface area contributed by atoms with Crippen molar-refractivity contribution in [3.8, 4) is 5.75 Å². The van der Waals surface area contributed by atoms with Crippen molar-refractivity contribution in [2.75, 3.05) is 0 Å². The Hall–Kier alpha value is -0.250. The number of rotatable bonds is 5. The van der Waals surface area contributed by atoms with Gasteiger partial charge in [0.15, 0.2) is 0 Å². The van der Waals surface area contributed by atoms with E-state index < -0.39 is 0 Å². The minimum atomic E-state index is -0.0611. The first kappa shape index (κ1) is 15.8. The van der Waals surface area contributed by atoms with E-state index in [9.17, 15) is 5.11 Å². The van der Waals surface area contributed by atoms with Crippen LogP contribution in [-0.2, 0) is 0 Å². The second kappa shape index (κ2) is 7.93. The van der Waals surface area contributed by atoms with Gasteiger partial charge >= 0.3 is 0 Å². The predicted octanol–water partition coefficient (Wildman–Crippen LogP) is 4.16. The van der Waals surface area contributed by atoms with Crippen molar-refractivity contribution >= 4 is 28.3 Å². The summed E-state index contributed by atoms with van der Waals surface area (Å²) in [5, 5.41) is 9.66. The number of aromatic hydroxyl groups is 1. The zero-order chi connectivity index (χ0) is 11.3. The first-order valence-corrected chi connectivity index (χ1v) is 6.18. The largest absolute Gasteiger partial charge is 0.508 e. The lowest BCUT2D eigenvalue weighted by Crippen LogP contribution is -2.10. The van der Waals surface area contributed by atoms with Gasteiger partial charge in [-0.05, 0) is 24.6 Å². The number of nitrogens with two attached hydrogens (primary N) is 1. The Balaban J connectivity index is 0.00000225. The molecule has 0 aliphatic carbocycles. The molecule has 0 spiro atoms. The number of phenols is 1. The summed E-state index contributed by atoms with van der Waals surface area (Å²) in [6.07, 6.45) is 4.43. The lowest BCUT2D eigenvalue weighted by atomic mass is 10.0. The van der Waals surface area contributed by atoms with Crippen LogP contribution in [0.3, 0.4) is 0 Å². The summed E-state index contributed by atoms with van der Waals surface area (Å²) in [5.74, 6) is 0.294. The molecule has 0 saturated heterocycles. The number of benzene rings is 1. The zero-order valence-corrected chi connectivity index (χ0v) is 11.9. The Kier molecular flexibility index (Phi) is 7.81. The molecule has 0 bridgehead atoms. The summed E-state index contributed by atoms with van der Waals surface area (Å²) in [7, 11) is 0. The van der Waals surface area contributed by atoms with E-state index in [1.165, 1.54) is 12.8 Å². The monoisotopic (exact) mass is 307 g/mol. The van der Waals surface area contributed by atoms with Crippen LogP contribution in [0.2, 0.25) is 0 Å². The topological polar surface area (TPSA) is 46.2 Å². The van der Waals surface area contributed by atoms with Gasteiger partial charge in [-0.25, -0.2) is 0 Å². The molecular formula is C12H19BrClNO. The third kappa shape index (κ3) is 4.73. The molecule has 1 aromatic carbocycles. The normalized spacial score (nSPS) is 11.9. The average molecular weight is 309 g/mol. The first-order valence-electron chi connectivity index (χ1n) is 5.39. The van der Waals surface area contributed by atoms with Crippen molar-refractivity contribution in [3.05, 3.63) is 28.2 Å². The van der Waals surface area contributed by atoms with Crippen LogP contribution in [0.4, 0.5) is 0 Å². The minimum absolute atomic E-state index is 0.